The molecule has 2 atom stereocenters. The van der Waals surface area contributed by atoms with Crippen LogP contribution in [0.5, 0.6) is 0 Å². The highest BCUT2D eigenvalue weighted by Crippen LogP contribution is 2.36. The molecule has 1 N–H and O–H groups in total. The molecule has 0 radical (unpaired) electrons. The number of hydrogen-bond acceptors (Lipinski definition) is 3. The van der Waals surface area contributed by atoms with Crippen molar-refractivity contribution in [2.75, 3.05) is 27.2 Å². The van der Waals surface area contributed by atoms with Gasteiger partial charge in [-0.25, -0.2) is 0 Å². The third kappa shape index (κ3) is 3.32. The molecule has 4 heteroatoms. The van der Waals surface area contributed by atoms with Crippen LogP contribution >= 0.6 is 0 Å². The highest BCUT2D eigenvalue weighted by molar-refractivity contribution is 5.82. The zero-order valence-electron chi connectivity index (χ0n) is 15.0. The second-order valence-electron chi connectivity index (χ2n) is 7.32. The zero-order chi connectivity index (χ0) is 17.2. The number of nitrogens with zero attached hydrogens (tertiary/aromatic N) is 3. The molecule has 3 heterocycles. The first-order valence-electron chi connectivity index (χ1n) is 9.06. The molecule has 25 heavy (non-hydrogen) atoms. The van der Waals surface area contributed by atoms with Crippen molar-refractivity contribution < 1.29 is 0 Å². The Balaban J connectivity index is 1.48. The average molecular weight is 334 g/mol. The van der Waals surface area contributed by atoms with Crippen molar-refractivity contribution in [3.8, 4) is 0 Å². The quantitative estimate of drug-likeness (QED) is 0.773. The van der Waals surface area contributed by atoms with E-state index in [0.717, 1.165) is 19.6 Å². The number of rotatable bonds is 5. The van der Waals surface area contributed by atoms with Gasteiger partial charge in [0.15, 0.2) is 0 Å². The number of hydrogen-bond donors (Lipinski definition) is 1. The summed E-state index contributed by atoms with van der Waals surface area (Å²) in [6, 6.07) is 13.4. The minimum atomic E-state index is 0.470. The van der Waals surface area contributed by atoms with Crippen molar-refractivity contribution in [1.82, 2.24) is 19.8 Å². The molecule has 0 amide bonds. The number of pyridine rings is 1. The number of aromatic nitrogens is 2. The van der Waals surface area contributed by atoms with Gasteiger partial charge in [-0.1, -0.05) is 24.3 Å². The van der Waals surface area contributed by atoms with Crippen molar-refractivity contribution in [2.24, 2.45) is 5.92 Å². The number of H-pyrrole nitrogens is 1. The first-order valence-corrected chi connectivity index (χ1v) is 9.06. The van der Waals surface area contributed by atoms with Gasteiger partial charge in [0.05, 0.1) is 0 Å². The molecule has 4 rings (SSSR count). The van der Waals surface area contributed by atoms with Gasteiger partial charge in [-0.3, -0.25) is 9.88 Å². The Bertz CT molecular complexity index is 826. The lowest BCUT2D eigenvalue weighted by Gasteiger charge is -2.28. The predicted octanol–water partition coefficient (Wildman–Crippen LogP) is 3.69. The van der Waals surface area contributed by atoms with Gasteiger partial charge < -0.3 is 9.88 Å². The Hall–Kier alpha value is -2.17. The van der Waals surface area contributed by atoms with Crippen molar-refractivity contribution in [1.29, 1.82) is 0 Å². The van der Waals surface area contributed by atoms with E-state index in [0.29, 0.717) is 12.0 Å². The summed E-state index contributed by atoms with van der Waals surface area (Å²) in [7, 11) is 4.47. The fraction of sp³-hybridized carbons (Fsp3) is 0.381. The van der Waals surface area contributed by atoms with Crippen molar-refractivity contribution in [3.63, 3.8) is 0 Å². The molecule has 4 nitrogen and oxygen atoms in total. The lowest BCUT2D eigenvalue weighted by atomic mass is 9.94. The van der Waals surface area contributed by atoms with E-state index in [-0.39, 0.29) is 0 Å². The average Bonchev–Trinajstić information content (AvgIpc) is 3.23. The Morgan fingerprint density at radius 2 is 2.16 bits per heavy atom. The summed E-state index contributed by atoms with van der Waals surface area (Å²) in [5.74, 6) is 0.641. The SMILES string of the molecule is CN(Cc1cccc2cc[nH]c12)C[C@@H]1CCN(C)[C@H]1c1cccnc1. The van der Waals surface area contributed by atoms with Crippen LogP contribution < -0.4 is 0 Å². The van der Waals surface area contributed by atoms with Crippen LogP contribution in [-0.4, -0.2) is 47.0 Å². The topological polar surface area (TPSA) is 35.2 Å². The Kier molecular flexibility index (Phi) is 4.55. The molecule has 1 aliphatic rings. The second-order valence-corrected chi connectivity index (χ2v) is 7.32. The lowest BCUT2D eigenvalue weighted by Crippen LogP contribution is -2.30. The summed E-state index contributed by atoms with van der Waals surface area (Å²) in [6.07, 6.45) is 7.15. The first kappa shape index (κ1) is 16.3. The fourth-order valence-corrected chi connectivity index (χ4v) is 4.33. The summed E-state index contributed by atoms with van der Waals surface area (Å²) in [6.45, 7) is 3.23. The molecule has 0 spiro atoms. The Labute approximate surface area is 149 Å². The first-order chi connectivity index (χ1) is 12.2. The molecule has 0 saturated carbocycles. The lowest BCUT2D eigenvalue weighted by molar-refractivity contribution is 0.214. The molecule has 2 aromatic heterocycles. The monoisotopic (exact) mass is 334 g/mol. The van der Waals surface area contributed by atoms with Crippen LogP contribution in [0.3, 0.4) is 0 Å². The smallest absolute Gasteiger partial charge is 0.0499 e. The molecule has 1 saturated heterocycles. The standard InChI is InChI=1S/C21H26N4/c1-24(14-18-6-3-5-16-8-11-23-20(16)18)15-19-9-12-25(2)21(19)17-7-4-10-22-13-17/h3-8,10-11,13,19,21,23H,9,12,14-15H2,1-2H3/t19-,21-/m0/s1. The van der Waals surface area contributed by atoms with E-state index in [4.69, 9.17) is 0 Å². The molecule has 0 aliphatic carbocycles. The van der Waals surface area contributed by atoms with Gasteiger partial charge in [-0.15, -0.1) is 0 Å². The van der Waals surface area contributed by atoms with E-state index < -0.39 is 0 Å². The minimum Gasteiger partial charge on any atom is -0.361 e. The van der Waals surface area contributed by atoms with Crippen LogP contribution in [0.1, 0.15) is 23.6 Å². The molecular weight excluding hydrogens is 308 g/mol. The third-order valence-corrected chi connectivity index (χ3v) is 5.46. The number of fused-ring (bicyclic) bond motifs is 1. The van der Waals surface area contributed by atoms with Gasteiger partial charge in [0.2, 0.25) is 0 Å². The maximum atomic E-state index is 4.33. The van der Waals surface area contributed by atoms with Gasteiger partial charge in [-0.05, 0) is 61.6 Å². The third-order valence-electron chi connectivity index (χ3n) is 5.46. The number of benzene rings is 1. The maximum Gasteiger partial charge on any atom is 0.0499 e. The summed E-state index contributed by atoms with van der Waals surface area (Å²) < 4.78 is 0. The molecule has 0 unspecified atom stereocenters. The minimum absolute atomic E-state index is 0.470. The molecule has 1 fully saturated rings. The highest BCUT2D eigenvalue weighted by Gasteiger charge is 2.33. The van der Waals surface area contributed by atoms with E-state index in [1.807, 2.05) is 24.7 Å². The molecule has 130 valence electrons. The van der Waals surface area contributed by atoms with Crippen molar-refractivity contribution in [2.45, 2.75) is 19.0 Å². The Morgan fingerprint density at radius 3 is 3.00 bits per heavy atom. The van der Waals surface area contributed by atoms with Crippen LogP contribution in [0, 0.1) is 5.92 Å². The normalized spacial score (nSPS) is 21.4. The maximum absolute atomic E-state index is 4.33. The van der Waals surface area contributed by atoms with Crippen LogP contribution in [0.15, 0.2) is 55.0 Å². The van der Waals surface area contributed by atoms with E-state index in [1.165, 1.54) is 28.5 Å². The summed E-state index contributed by atoms with van der Waals surface area (Å²) in [5.41, 5.74) is 3.98. The van der Waals surface area contributed by atoms with E-state index in [1.54, 1.807) is 0 Å². The van der Waals surface area contributed by atoms with Gasteiger partial charge in [0, 0.05) is 43.2 Å². The van der Waals surface area contributed by atoms with E-state index in [2.05, 4.69) is 64.2 Å². The largest absolute Gasteiger partial charge is 0.361 e. The molecule has 1 aromatic carbocycles. The highest BCUT2D eigenvalue weighted by atomic mass is 15.2. The molecule has 3 aromatic rings. The zero-order valence-corrected chi connectivity index (χ0v) is 15.0. The summed E-state index contributed by atoms with van der Waals surface area (Å²) in [5, 5.41) is 1.29. The predicted molar refractivity (Wildman–Crippen MR) is 102 cm³/mol. The molecule has 1 aliphatic heterocycles. The fourth-order valence-electron chi connectivity index (χ4n) is 4.33. The van der Waals surface area contributed by atoms with Gasteiger partial charge in [0.25, 0.3) is 0 Å². The van der Waals surface area contributed by atoms with Crippen LogP contribution in [0.4, 0.5) is 0 Å². The van der Waals surface area contributed by atoms with E-state index in [9.17, 15) is 0 Å². The van der Waals surface area contributed by atoms with Crippen molar-refractivity contribution >= 4 is 10.9 Å². The van der Waals surface area contributed by atoms with Crippen LogP contribution in [0.2, 0.25) is 0 Å². The molecular formula is C21H26N4. The van der Waals surface area contributed by atoms with Gasteiger partial charge in [-0.2, -0.15) is 0 Å². The van der Waals surface area contributed by atoms with Gasteiger partial charge in [0.1, 0.15) is 0 Å². The Morgan fingerprint density at radius 1 is 1.24 bits per heavy atom. The number of nitrogens with one attached hydrogen (secondary N) is 1. The van der Waals surface area contributed by atoms with Crippen LogP contribution in [0.25, 0.3) is 10.9 Å². The number of likely N-dealkylation sites (tertiary alicyclic amines) is 1. The van der Waals surface area contributed by atoms with Crippen LogP contribution in [-0.2, 0) is 6.54 Å². The second kappa shape index (κ2) is 6.98. The summed E-state index contributed by atoms with van der Waals surface area (Å²) in [4.78, 5) is 12.6. The number of aromatic amines is 1. The molecule has 0 bridgehead atoms. The summed E-state index contributed by atoms with van der Waals surface area (Å²) >= 11 is 0. The van der Waals surface area contributed by atoms with Crippen molar-refractivity contribution in [3.05, 3.63) is 66.1 Å². The van der Waals surface area contributed by atoms with Gasteiger partial charge >= 0.3 is 0 Å². The number of para-hydroxylation sites is 1. The van der Waals surface area contributed by atoms with E-state index >= 15 is 0 Å².